The van der Waals surface area contributed by atoms with Crippen molar-refractivity contribution >= 4 is 11.6 Å². The molecule has 130 valence electrons. The molecule has 0 N–H and O–H groups in total. The van der Waals surface area contributed by atoms with Gasteiger partial charge in [-0.3, -0.25) is 4.90 Å². The molecule has 6 heteroatoms. The second kappa shape index (κ2) is 6.60. The second-order valence-corrected chi connectivity index (χ2v) is 7.75. The molecule has 1 aromatic carbocycles. The van der Waals surface area contributed by atoms with E-state index in [0.29, 0.717) is 12.0 Å². The molecule has 0 aromatic heterocycles. The van der Waals surface area contributed by atoms with E-state index in [0.717, 1.165) is 32.0 Å². The monoisotopic (exact) mass is 351 g/mol. The summed E-state index contributed by atoms with van der Waals surface area (Å²) in [7, 11) is 0. The normalized spacial score (nSPS) is 18.4. The number of likely N-dealkylation sites (tertiary alicyclic amines) is 1. The summed E-state index contributed by atoms with van der Waals surface area (Å²) in [6.07, 6.45) is -2.58. The van der Waals surface area contributed by atoms with E-state index in [1.54, 1.807) is 0 Å². The predicted molar refractivity (Wildman–Crippen MR) is 83.9 cm³/mol. The van der Waals surface area contributed by atoms with E-state index in [2.05, 4.69) is 20.8 Å². The number of alkyl halides is 3. The predicted octanol–water partition coefficient (Wildman–Crippen LogP) is 5.76. The average molecular weight is 352 g/mol. The highest BCUT2D eigenvalue weighted by molar-refractivity contribution is 6.30. The quantitative estimate of drug-likeness (QED) is 0.613. The van der Waals surface area contributed by atoms with Gasteiger partial charge in [0, 0.05) is 12.1 Å². The van der Waals surface area contributed by atoms with Gasteiger partial charge >= 0.3 is 6.18 Å². The number of piperidine rings is 1. The molecule has 1 aliphatic heterocycles. The highest BCUT2D eigenvalue weighted by Crippen LogP contribution is 2.36. The topological polar surface area (TPSA) is 3.24 Å². The van der Waals surface area contributed by atoms with Gasteiger partial charge in [-0.1, -0.05) is 32.4 Å². The number of halogens is 5. The Labute approximate surface area is 139 Å². The third-order valence-electron chi connectivity index (χ3n) is 4.64. The van der Waals surface area contributed by atoms with E-state index in [-0.39, 0.29) is 17.5 Å². The first kappa shape index (κ1) is 18.5. The molecule has 1 fully saturated rings. The van der Waals surface area contributed by atoms with E-state index < -0.39 is 22.6 Å². The third kappa shape index (κ3) is 4.60. The number of hydrogen-bond acceptors (Lipinski definition) is 1. The summed E-state index contributed by atoms with van der Waals surface area (Å²) in [5, 5.41) is -0.473. The molecule has 1 nitrogen and oxygen atoms in total. The van der Waals surface area contributed by atoms with E-state index in [1.807, 2.05) is 4.90 Å². The van der Waals surface area contributed by atoms with Gasteiger partial charge in [-0.25, -0.2) is 4.39 Å². The van der Waals surface area contributed by atoms with Gasteiger partial charge in [-0.15, -0.1) is 0 Å². The zero-order valence-corrected chi connectivity index (χ0v) is 14.4. The summed E-state index contributed by atoms with van der Waals surface area (Å²) in [6, 6.07) is 1.52. The van der Waals surface area contributed by atoms with E-state index in [9.17, 15) is 17.6 Å². The van der Waals surface area contributed by atoms with Gasteiger partial charge in [0.1, 0.15) is 5.82 Å². The van der Waals surface area contributed by atoms with Crippen molar-refractivity contribution in [2.75, 3.05) is 13.1 Å². The fraction of sp³-hybridized carbons (Fsp3) is 0.647. The number of benzene rings is 1. The average Bonchev–Trinajstić information content (AvgIpc) is 2.42. The van der Waals surface area contributed by atoms with Crippen LogP contribution in [0, 0.1) is 17.2 Å². The van der Waals surface area contributed by atoms with E-state index in [4.69, 9.17) is 11.6 Å². The van der Waals surface area contributed by atoms with Crippen LogP contribution in [-0.4, -0.2) is 18.0 Å². The number of hydrogen-bond donors (Lipinski definition) is 0. The van der Waals surface area contributed by atoms with Crippen LogP contribution in [0.15, 0.2) is 12.1 Å². The Hall–Kier alpha value is -0.810. The van der Waals surface area contributed by atoms with Crippen LogP contribution in [0.5, 0.6) is 0 Å². The highest BCUT2D eigenvalue weighted by atomic mass is 35.5. The molecule has 1 saturated heterocycles. The zero-order valence-electron chi connectivity index (χ0n) is 13.6. The van der Waals surface area contributed by atoms with Crippen molar-refractivity contribution in [3.8, 4) is 0 Å². The lowest BCUT2D eigenvalue weighted by Crippen LogP contribution is -2.37. The molecule has 0 bridgehead atoms. The van der Waals surface area contributed by atoms with Crippen molar-refractivity contribution in [1.29, 1.82) is 0 Å². The number of rotatable bonds is 2. The van der Waals surface area contributed by atoms with Crippen LogP contribution in [0.2, 0.25) is 5.02 Å². The van der Waals surface area contributed by atoms with Gasteiger partial charge in [0.05, 0.1) is 10.6 Å². The number of nitrogens with zero attached hydrogens (tertiary/aromatic N) is 1. The molecule has 0 aliphatic carbocycles. The van der Waals surface area contributed by atoms with E-state index >= 15 is 0 Å². The lowest BCUT2D eigenvalue weighted by molar-refractivity contribution is -0.137. The molecular weight excluding hydrogens is 330 g/mol. The molecule has 0 saturated carbocycles. The standard InChI is InChI=1S/C17H22ClF4N/c1-16(2,3)12-4-6-23(7-5-12)10-11-8-13(17(20,21)22)9-14(18)15(11)19/h8-9,12H,4-7,10H2,1-3H3. The fourth-order valence-corrected chi connectivity index (χ4v) is 3.36. The summed E-state index contributed by atoms with van der Waals surface area (Å²) < 4.78 is 52.6. The van der Waals surface area contributed by atoms with Crippen LogP contribution in [0.1, 0.15) is 44.7 Å². The summed E-state index contributed by atoms with van der Waals surface area (Å²) in [5.74, 6) is -0.175. The van der Waals surface area contributed by atoms with Crippen molar-refractivity contribution in [3.05, 3.63) is 34.1 Å². The van der Waals surface area contributed by atoms with Gasteiger partial charge < -0.3 is 0 Å². The molecule has 1 aromatic rings. The summed E-state index contributed by atoms with van der Waals surface area (Å²) in [4.78, 5) is 2.00. The Kier molecular flexibility index (Phi) is 5.31. The first-order valence-electron chi connectivity index (χ1n) is 7.76. The summed E-state index contributed by atoms with van der Waals surface area (Å²) >= 11 is 5.63. The Morgan fingerprint density at radius 1 is 1.13 bits per heavy atom. The fourth-order valence-electron chi connectivity index (χ4n) is 3.12. The first-order valence-corrected chi connectivity index (χ1v) is 8.13. The Morgan fingerprint density at radius 3 is 2.17 bits per heavy atom. The SMILES string of the molecule is CC(C)(C)C1CCN(Cc2cc(C(F)(F)F)cc(Cl)c2F)CC1. The maximum Gasteiger partial charge on any atom is 0.416 e. The second-order valence-electron chi connectivity index (χ2n) is 7.35. The molecule has 2 rings (SSSR count). The largest absolute Gasteiger partial charge is 0.416 e. The van der Waals surface area contributed by atoms with Crippen molar-refractivity contribution in [1.82, 2.24) is 4.90 Å². The van der Waals surface area contributed by atoms with Crippen LogP contribution in [0.3, 0.4) is 0 Å². The molecule has 1 aliphatic rings. The highest BCUT2D eigenvalue weighted by Gasteiger charge is 2.33. The Bertz CT molecular complexity index is 555. The van der Waals surface area contributed by atoms with Crippen molar-refractivity contribution in [2.24, 2.45) is 11.3 Å². The van der Waals surface area contributed by atoms with Crippen LogP contribution in [-0.2, 0) is 12.7 Å². The molecule has 0 radical (unpaired) electrons. The van der Waals surface area contributed by atoms with Gasteiger partial charge in [0.2, 0.25) is 0 Å². The Morgan fingerprint density at radius 2 is 1.70 bits per heavy atom. The maximum atomic E-state index is 14.1. The van der Waals surface area contributed by atoms with Crippen LogP contribution in [0.25, 0.3) is 0 Å². The molecule has 0 unspecified atom stereocenters. The molecule has 0 atom stereocenters. The molecule has 23 heavy (non-hydrogen) atoms. The van der Waals surface area contributed by atoms with E-state index in [1.165, 1.54) is 0 Å². The minimum absolute atomic E-state index is 0.0130. The summed E-state index contributed by atoms with van der Waals surface area (Å²) in [5.41, 5.74) is -0.667. The minimum atomic E-state index is -4.52. The molecule has 0 spiro atoms. The smallest absolute Gasteiger partial charge is 0.299 e. The summed E-state index contributed by atoms with van der Waals surface area (Å²) in [6.45, 7) is 8.26. The van der Waals surface area contributed by atoms with Crippen molar-refractivity contribution in [2.45, 2.75) is 46.3 Å². The van der Waals surface area contributed by atoms with Gasteiger partial charge in [-0.2, -0.15) is 13.2 Å². The van der Waals surface area contributed by atoms with Crippen molar-refractivity contribution in [3.63, 3.8) is 0 Å². The van der Waals surface area contributed by atoms with Crippen molar-refractivity contribution < 1.29 is 17.6 Å². The van der Waals surface area contributed by atoms with Gasteiger partial charge in [0.25, 0.3) is 0 Å². The van der Waals surface area contributed by atoms with Crippen LogP contribution < -0.4 is 0 Å². The zero-order chi connectivity index (χ0) is 17.4. The van der Waals surface area contributed by atoms with Gasteiger partial charge in [0.15, 0.2) is 0 Å². The lowest BCUT2D eigenvalue weighted by atomic mass is 9.75. The minimum Gasteiger partial charge on any atom is -0.299 e. The maximum absolute atomic E-state index is 14.1. The lowest BCUT2D eigenvalue weighted by Gasteiger charge is -2.38. The third-order valence-corrected chi connectivity index (χ3v) is 4.91. The Balaban J connectivity index is 2.11. The van der Waals surface area contributed by atoms with Crippen LogP contribution in [0.4, 0.5) is 17.6 Å². The molecule has 0 amide bonds. The van der Waals surface area contributed by atoms with Gasteiger partial charge in [-0.05, 0) is 49.4 Å². The van der Waals surface area contributed by atoms with Crippen LogP contribution >= 0.6 is 11.6 Å². The molecular formula is C17H22ClF4N. The first-order chi connectivity index (χ1) is 10.5. The molecule has 1 heterocycles.